The molecule has 1 rings (SSSR count). The van der Waals surface area contributed by atoms with E-state index in [2.05, 4.69) is 6.92 Å². The molecule has 0 aromatic heterocycles. The summed E-state index contributed by atoms with van der Waals surface area (Å²) in [5.74, 6) is 0.723. The van der Waals surface area contributed by atoms with E-state index >= 15 is 0 Å². The number of ether oxygens (including phenoxy) is 1. The Morgan fingerprint density at radius 1 is 1.28 bits per heavy atom. The molecule has 102 valence electrons. The number of hydrogen-bond acceptors (Lipinski definition) is 3. The SMILES string of the molecule is CCCC(C)Oc1cc(C)c(S(N)(=O)=O)cc1C. The molecule has 5 heteroatoms. The lowest BCUT2D eigenvalue weighted by Gasteiger charge is -2.17. The molecule has 0 bridgehead atoms. The van der Waals surface area contributed by atoms with Crippen molar-refractivity contribution in [3.05, 3.63) is 23.3 Å². The van der Waals surface area contributed by atoms with Crippen molar-refractivity contribution >= 4 is 10.0 Å². The van der Waals surface area contributed by atoms with E-state index in [4.69, 9.17) is 9.88 Å². The number of hydrogen-bond donors (Lipinski definition) is 1. The van der Waals surface area contributed by atoms with Crippen LogP contribution >= 0.6 is 0 Å². The molecule has 1 aromatic rings. The molecule has 0 spiro atoms. The molecule has 0 aliphatic carbocycles. The number of aryl methyl sites for hydroxylation is 2. The van der Waals surface area contributed by atoms with E-state index in [9.17, 15) is 8.42 Å². The Balaban J connectivity index is 3.08. The summed E-state index contributed by atoms with van der Waals surface area (Å²) >= 11 is 0. The Morgan fingerprint density at radius 2 is 1.89 bits per heavy atom. The molecule has 0 aliphatic rings. The second kappa shape index (κ2) is 5.71. The molecule has 1 unspecified atom stereocenters. The summed E-state index contributed by atoms with van der Waals surface area (Å²) in [7, 11) is -3.67. The quantitative estimate of drug-likeness (QED) is 0.894. The van der Waals surface area contributed by atoms with Crippen molar-refractivity contribution in [2.24, 2.45) is 5.14 Å². The van der Waals surface area contributed by atoms with E-state index in [0.29, 0.717) is 5.56 Å². The zero-order chi connectivity index (χ0) is 13.9. The Hall–Kier alpha value is -1.07. The molecule has 0 saturated heterocycles. The lowest BCUT2D eigenvalue weighted by Crippen LogP contribution is -2.15. The Morgan fingerprint density at radius 3 is 2.39 bits per heavy atom. The van der Waals surface area contributed by atoms with Crippen molar-refractivity contribution in [2.75, 3.05) is 0 Å². The van der Waals surface area contributed by atoms with Gasteiger partial charge < -0.3 is 4.74 Å². The summed E-state index contributed by atoms with van der Waals surface area (Å²) in [6.45, 7) is 7.65. The average molecular weight is 271 g/mol. The van der Waals surface area contributed by atoms with Crippen LogP contribution in [0.2, 0.25) is 0 Å². The first-order valence-electron chi connectivity index (χ1n) is 6.06. The van der Waals surface area contributed by atoms with Crippen LogP contribution in [-0.4, -0.2) is 14.5 Å². The zero-order valence-electron chi connectivity index (χ0n) is 11.4. The van der Waals surface area contributed by atoms with Gasteiger partial charge in [0.2, 0.25) is 10.0 Å². The highest BCUT2D eigenvalue weighted by Crippen LogP contribution is 2.26. The highest BCUT2D eigenvalue weighted by Gasteiger charge is 2.15. The van der Waals surface area contributed by atoms with Gasteiger partial charge in [-0.05, 0) is 50.5 Å². The van der Waals surface area contributed by atoms with Crippen LogP contribution in [0.4, 0.5) is 0 Å². The van der Waals surface area contributed by atoms with Gasteiger partial charge in [-0.2, -0.15) is 0 Å². The summed E-state index contributed by atoms with van der Waals surface area (Å²) in [6.07, 6.45) is 2.14. The van der Waals surface area contributed by atoms with E-state index in [1.165, 1.54) is 0 Å². The van der Waals surface area contributed by atoms with Crippen LogP contribution in [0.1, 0.15) is 37.8 Å². The first kappa shape index (κ1) is 15.0. The minimum Gasteiger partial charge on any atom is -0.490 e. The normalized spacial score (nSPS) is 13.4. The van der Waals surface area contributed by atoms with E-state index < -0.39 is 10.0 Å². The number of nitrogens with two attached hydrogens (primary N) is 1. The predicted octanol–water partition coefficient (Wildman–Crippen LogP) is 2.52. The molecule has 1 aromatic carbocycles. The molecular formula is C13H21NO3S. The third-order valence-corrected chi connectivity index (χ3v) is 3.86. The van der Waals surface area contributed by atoms with Gasteiger partial charge in [0.15, 0.2) is 0 Å². The van der Waals surface area contributed by atoms with Crippen LogP contribution in [0.25, 0.3) is 0 Å². The van der Waals surface area contributed by atoms with Gasteiger partial charge in [0, 0.05) is 0 Å². The third-order valence-electron chi connectivity index (χ3n) is 2.80. The van der Waals surface area contributed by atoms with E-state index in [1.54, 1.807) is 19.1 Å². The molecule has 18 heavy (non-hydrogen) atoms. The third kappa shape index (κ3) is 3.71. The number of primary sulfonamides is 1. The Labute approximate surface area is 109 Å². The second-order valence-corrected chi connectivity index (χ2v) is 6.18. The Kier molecular flexibility index (Phi) is 4.76. The van der Waals surface area contributed by atoms with Crippen molar-refractivity contribution in [1.82, 2.24) is 0 Å². The second-order valence-electron chi connectivity index (χ2n) is 4.65. The van der Waals surface area contributed by atoms with Crippen molar-refractivity contribution < 1.29 is 13.2 Å². The minimum atomic E-state index is -3.67. The Bertz CT molecular complexity index is 523. The molecule has 4 nitrogen and oxygen atoms in total. The fourth-order valence-corrected chi connectivity index (χ4v) is 2.73. The lowest BCUT2D eigenvalue weighted by molar-refractivity contribution is 0.208. The van der Waals surface area contributed by atoms with E-state index in [-0.39, 0.29) is 11.0 Å². The maximum Gasteiger partial charge on any atom is 0.238 e. The maximum absolute atomic E-state index is 11.4. The summed E-state index contributed by atoms with van der Waals surface area (Å²) in [5.41, 5.74) is 1.40. The summed E-state index contributed by atoms with van der Waals surface area (Å²) in [5, 5.41) is 5.16. The monoisotopic (exact) mass is 271 g/mol. The van der Waals surface area contributed by atoms with Gasteiger partial charge in [-0.25, -0.2) is 13.6 Å². The van der Waals surface area contributed by atoms with Crippen LogP contribution in [-0.2, 0) is 10.0 Å². The van der Waals surface area contributed by atoms with Crippen LogP contribution in [0.3, 0.4) is 0 Å². The predicted molar refractivity (Wildman–Crippen MR) is 72.3 cm³/mol. The van der Waals surface area contributed by atoms with Crippen molar-refractivity contribution in [2.45, 2.75) is 51.5 Å². The van der Waals surface area contributed by atoms with Gasteiger partial charge in [-0.3, -0.25) is 0 Å². The van der Waals surface area contributed by atoms with Gasteiger partial charge in [-0.1, -0.05) is 13.3 Å². The zero-order valence-corrected chi connectivity index (χ0v) is 12.2. The standard InChI is InChI=1S/C13H21NO3S/c1-5-6-11(4)17-12-7-10(3)13(8-9(12)2)18(14,15)16/h7-8,11H,5-6H2,1-4H3,(H2,14,15,16). The van der Waals surface area contributed by atoms with Gasteiger partial charge in [0.05, 0.1) is 11.0 Å². The van der Waals surface area contributed by atoms with Crippen molar-refractivity contribution in [1.29, 1.82) is 0 Å². The van der Waals surface area contributed by atoms with E-state index in [0.717, 1.165) is 24.2 Å². The number of benzene rings is 1. The molecule has 0 radical (unpaired) electrons. The molecule has 0 amide bonds. The highest BCUT2D eigenvalue weighted by atomic mass is 32.2. The first-order chi connectivity index (χ1) is 8.25. The minimum absolute atomic E-state index is 0.119. The van der Waals surface area contributed by atoms with Crippen LogP contribution in [0.5, 0.6) is 5.75 Å². The van der Waals surface area contributed by atoms with Crippen molar-refractivity contribution in [3.8, 4) is 5.75 Å². The van der Waals surface area contributed by atoms with Crippen LogP contribution in [0.15, 0.2) is 17.0 Å². The first-order valence-corrected chi connectivity index (χ1v) is 7.61. The molecule has 2 N–H and O–H groups in total. The molecule has 0 aliphatic heterocycles. The molecule has 0 heterocycles. The average Bonchev–Trinajstić information content (AvgIpc) is 2.21. The van der Waals surface area contributed by atoms with Crippen LogP contribution < -0.4 is 9.88 Å². The smallest absolute Gasteiger partial charge is 0.238 e. The molecule has 1 atom stereocenters. The number of sulfonamides is 1. The van der Waals surface area contributed by atoms with Gasteiger partial charge in [0.25, 0.3) is 0 Å². The molecule has 0 saturated carbocycles. The van der Waals surface area contributed by atoms with Gasteiger partial charge >= 0.3 is 0 Å². The summed E-state index contributed by atoms with van der Waals surface area (Å²) in [4.78, 5) is 0.162. The summed E-state index contributed by atoms with van der Waals surface area (Å²) in [6, 6.07) is 3.31. The highest BCUT2D eigenvalue weighted by molar-refractivity contribution is 7.89. The largest absolute Gasteiger partial charge is 0.490 e. The van der Waals surface area contributed by atoms with E-state index in [1.807, 2.05) is 13.8 Å². The number of rotatable bonds is 5. The summed E-state index contributed by atoms with van der Waals surface area (Å²) < 4.78 is 28.6. The fourth-order valence-electron chi connectivity index (χ4n) is 1.88. The fraction of sp³-hybridized carbons (Fsp3) is 0.538. The topological polar surface area (TPSA) is 69.4 Å². The molecular weight excluding hydrogens is 250 g/mol. The van der Waals surface area contributed by atoms with Crippen molar-refractivity contribution in [3.63, 3.8) is 0 Å². The lowest BCUT2D eigenvalue weighted by atomic mass is 10.1. The van der Waals surface area contributed by atoms with Crippen LogP contribution in [0, 0.1) is 13.8 Å². The molecule has 0 fully saturated rings. The maximum atomic E-state index is 11.4. The van der Waals surface area contributed by atoms with Gasteiger partial charge in [-0.15, -0.1) is 0 Å². The van der Waals surface area contributed by atoms with Gasteiger partial charge in [0.1, 0.15) is 5.75 Å².